The fourth-order valence-corrected chi connectivity index (χ4v) is 3.48. The van der Waals surface area contributed by atoms with Gasteiger partial charge in [-0.15, -0.1) is 0 Å². The number of imidazole rings is 1. The van der Waals surface area contributed by atoms with E-state index in [1.54, 1.807) is 23.6 Å². The van der Waals surface area contributed by atoms with E-state index in [1.165, 1.54) is 30.1 Å². The van der Waals surface area contributed by atoms with Crippen LogP contribution in [-0.4, -0.2) is 26.8 Å². The minimum atomic E-state index is -0.559. The summed E-state index contributed by atoms with van der Waals surface area (Å²) in [5.74, 6) is 0.138. The summed E-state index contributed by atoms with van der Waals surface area (Å²) in [5, 5.41) is 0.595. The molecule has 2 heterocycles. The number of carbonyl (C=O) groups is 1. The summed E-state index contributed by atoms with van der Waals surface area (Å²) in [6.07, 6.45) is 3.30. The molecule has 2 aromatic carbocycles. The van der Waals surface area contributed by atoms with E-state index in [9.17, 15) is 9.18 Å². The summed E-state index contributed by atoms with van der Waals surface area (Å²) in [6, 6.07) is 15.3. The predicted molar refractivity (Wildman–Crippen MR) is 111 cm³/mol. The number of carbonyl (C=O) groups excluding carboxylic acids is 1. The summed E-state index contributed by atoms with van der Waals surface area (Å²) in [6.45, 7) is 1.74. The molecular weight excluding hydrogens is 405 g/mol. The summed E-state index contributed by atoms with van der Waals surface area (Å²) >= 11 is 1.37. The van der Waals surface area contributed by atoms with Gasteiger partial charge in [-0.05, 0) is 49.6 Å². The van der Waals surface area contributed by atoms with Crippen molar-refractivity contribution < 1.29 is 18.3 Å². The van der Waals surface area contributed by atoms with E-state index in [2.05, 4.69) is 9.97 Å². The van der Waals surface area contributed by atoms with E-state index >= 15 is 0 Å². The maximum absolute atomic E-state index is 13.3. The minimum Gasteiger partial charge on any atom is -0.454 e. The molecule has 0 atom stereocenters. The van der Waals surface area contributed by atoms with Gasteiger partial charge in [0.15, 0.2) is 10.9 Å². The van der Waals surface area contributed by atoms with Crippen molar-refractivity contribution in [3.63, 3.8) is 0 Å². The molecule has 0 bridgehead atoms. The summed E-state index contributed by atoms with van der Waals surface area (Å²) in [7, 11) is 0. The predicted octanol–water partition coefficient (Wildman–Crippen LogP) is 5.05. The molecule has 0 saturated heterocycles. The van der Waals surface area contributed by atoms with Crippen LogP contribution in [-0.2, 0) is 11.3 Å². The van der Waals surface area contributed by atoms with E-state index in [4.69, 9.17) is 9.15 Å². The highest BCUT2D eigenvalue weighted by atomic mass is 32.2. The van der Waals surface area contributed by atoms with E-state index in [0.717, 1.165) is 5.56 Å². The number of esters is 1. The Morgan fingerprint density at radius 2 is 1.90 bits per heavy atom. The lowest BCUT2D eigenvalue weighted by molar-refractivity contribution is 0.0456. The molecule has 0 saturated carbocycles. The zero-order valence-corrected chi connectivity index (χ0v) is 17.1. The van der Waals surface area contributed by atoms with Gasteiger partial charge < -0.3 is 9.15 Å². The molecule has 4 rings (SSSR count). The van der Waals surface area contributed by atoms with Crippen molar-refractivity contribution in [1.82, 2.24) is 14.5 Å². The molecule has 8 heteroatoms. The molecule has 2 aromatic heterocycles. The molecule has 0 aliphatic heterocycles. The Kier molecular flexibility index (Phi) is 5.67. The second-order valence-corrected chi connectivity index (χ2v) is 7.18. The minimum absolute atomic E-state index is 0.0375. The monoisotopic (exact) mass is 423 g/mol. The van der Waals surface area contributed by atoms with Gasteiger partial charge in [-0.25, -0.2) is 19.2 Å². The number of halogens is 1. The molecule has 30 heavy (non-hydrogen) atoms. The highest BCUT2D eigenvalue weighted by molar-refractivity contribution is 7.98. The number of hydrogen-bond acceptors (Lipinski definition) is 6. The van der Waals surface area contributed by atoms with Crippen molar-refractivity contribution >= 4 is 17.7 Å². The van der Waals surface area contributed by atoms with Gasteiger partial charge in [0.1, 0.15) is 23.9 Å². The molecule has 0 fully saturated rings. The van der Waals surface area contributed by atoms with Crippen molar-refractivity contribution in [3.05, 3.63) is 83.8 Å². The van der Waals surface area contributed by atoms with Crippen molar-refractivity contribution in [2.75, 3.05) is 6.26 Å². The lowest BCUT2D eigenvalue weighted by atomic mass is 10.2. The number of ether oxygens (including phenoxy) is 1. The molecule has 0 unspecified atom stereocenters. The normalized spacial score (nSPS) is 10.9. The number of rotatable bonds is 6. The molecule has 0 amide bonds. The summed E-state index contributed by atoms with van der Waals surface area (Å²) < 4.78 is 26.1. The van der Waals surface area contributed by atoms with Crippen LogP contribution in [0.25, 0.3) is 17.1 Å². The lowest BCUT2D eigenvalue weighted by Crippen LogP contribution is -2.12. The molecule has 0 N–H and O–H groups in total. The SMILES string of the molecule is CSc1ncc(C(=O)OCc2nc(-c3ccccc3)oc2C)n1-c1ccc(F)cc1. The van der Waals surface area contributed by atoms with Gasteiger partial charge in [0.25, 0.3) is 0 Å². The van der Waals surface area contributed by atoms with Crippen molar-refractivity contribution in [1.29, 1.82) is 0 Å². The van der Waals surface area contributed by atoms with Crippen LogP contribution < -0.4 is 0 Å². The zero-order chi connectivity index (χ0) is 21.1. The second kappa shape index (κ2) is 8.54. The van der Waals surface area contributed by atoms with Gasteiger partial charge in [0.2, 0.25) is 5.89 Å². The van der Waals surface area contributed by atoms with Crippen molar-refractivity contribution in [2.24, 2.45) is 0 Å². The zero-order valence-electron chi connectivity index (χ0n) is 16.3. The van der Waals surface area contributed by atoms with Gasteiger partial charge in [-0.1, -0.05) is 30.0 Å². The van der Waals surface area contributed by atoms with E-state index < -0.39 is 5.97 Å². The summed E-state index contributed by atoms with van der Waals surface area (Å²) in [4.78, 5) is 21.5. The molecule has 0 aliphatic carbocycles. The number of thioether (sulfide) groups is 1. The molecule has 0 radical (unpaired) electrons. The molecule has 0 spiro atoms. The second-order valence-electron chi connectivity index (χ2n) is 6.41. The Morgan fingerprint density at radius 3 is 2.60 bits per heavy atom. The largest absolute Gasteiger partial charge is 0.454 e. The van der Waals surface area contributed by atoms with Crippen LogP contribution in [0.1, 0.15) is 21.9 Å². The van der Waals surface area contributed by atoms with Gasteiger partial charge >= 0.3 is 5.97 Å². The van der Waals surface area contributed by atoms with Gasteiger partial charge in [-0.3, -0.25) is 4.57 Å². The molecule has 6 nitrogen and oxygen atoms in total. The number of nitrogens with zero attached hydrogens (tertiary/aromatic N) is 3. The number of oxazole rings is 1. The third-order valence-electron chi connectivity index (χ3n) is 4.46. The fraction of sp³-hybridized carbons (Fsp3) is 0.136. The van der Waals surface area contributed by atoms with Crippen molar-refractivity contribution in [3.8, 4) is 17.1 Å². The smallest absolute Gasteiger partial charge is 0.357 e. The van der Waals surface area contributed by atoms with Crippen LogP contribution in [0.5, 0.6) is 0 Å². The lowest BCUT2D eigenvalue weighted by Gasteiger charge is -2.10. The third kappa shape index (κ3) is 3.99. The number of benzene rings is 2. The van der Waals surface area contributed by atoms with Gasteiger partial charge in [0.05, 0.1) is 6.20 Å². The Balaban J connectivity index is 1.55. The fourth-order valence-electron chi connectivity index (χ4n) is 2.94. The third-order valence-corrected chi connectivity index (χ3v) is 5.11. The first-order valence-corrected chi connectivity index (χ1v) is 10.4. The highest BCUT2D eigenvalue weighted by Gasteiger charge is 2.20. The Morgan fingerprint density at radius 1 is 1.17 bits per heavy atom. The molecular formula is C22H18FN3O3S. The number of hydrogen-bond donors (Lipinski definition) is 0. The maximum atomic E-state index is 13.3. The van der Waals surface area contributed by atoms with Crippen molar-refractivity contribution in [2.45, 2.75) is 18.7 Å². The van der Waals surface area contributed by atoms with Crippen LogP contribution in [0.4, 0.5) is 4.39 Å². The number of aromatic nitrogens is 3. The summed E-state index contributed by atoms with van der Waals surface area (Å²) in [5.41, 5.74) is 2.25. The standard InChI is InChI=1S/C22H18FN3O3S/c1-14-18(25-20(29-14)15-6-4-3-5-7-15)13-28-21(27)19-12-24-22(30-2)26(19)17-10-8-16(23)9-11-17/h3-12H,13H2,1-2H3. The topological polar surface area (TPSA) is 70.2 Å². The van der Waals surface area contributed by atoms with E-state index in [-0.39, 0.29) is 18.1 Å². The molecule has 152 valence electrons. The Bertz CT molecular complexity index is 1170. The maximum Gasteiger partial charge on any atom is 0.357 e. The van der Waals surface area contributed by atoms with E-state index in [1.807, 2.05) is 36.6 Å². The Hall–Kier alpha value is -3.39. The average molecular weight is 423 g/mol. The van der Waals surface area contributed by atoms with Gasteiger partial charge in [-0.2, -0.15) is 0 Å². The van der Waals surface area contributed by atoms with E-state index in [0.29, 0.717) is 28.2 Å². The quantitative estimate of drug-likeness (QED) is 0.319. The average Bonchev–Trinajstić information content (AvgIpc) is 3.37. The first-order chi connectivity index (χ1) is 14.6. The van der Waals surface area contributed by atoms with Crippen LogP contribution in [0.2, 0.25) is 0 Å². The van der Waals surface area contributed by atoms with Crippen LogP contribution in [0.15, 0.2) is 70.4 Å². The van der Waals surface area contributed by atoms with Gasteiger partial charge in [0, 0.05) is 11.3 Å². The van der Waals surface area contributed by atoms with Crippen LogP contribution >= 0.6 is 11.8 Å². The molecule has 4 aromatic rings. The van der Waals surface area contributed by atoms with Crippen LogP contribution in [0, 0.1) is 12.7 Å². The van der Waals surface area contributed by atoms with Crippen LogP contribution in [0.3, 0.4) is 0 Å². The highest BCUT2D eigenvalue weighted by Crippen LogP contribution is 2.24. The number of aryl methyl sites for hydroxylation is 1. The first-order valence-electron chi connectivity index (χ1n) is 9.13. The Labute approximate surface area is 176 Å². The molecule has 0 aliphatic rings. The first kappa shape index (κ1) is 19.9.